The van der Waals surface area contributed by atoms with E-state index in [1.54, 1.807) is 0 Å². The number of nitrogen functional groups attached to an aromatic ring is 1. The van der Waals surface area contributed by atoms with Crippen molar-refractivity contribution in [3.63, 3.8) is 0 Å². The Bertz CT molecular complexity index is 492. The first-order valence-corrected chi connectivity index (χ1v) is 7.01. The number of sulfonamides is 1. The van der Waals surface area contributed by atoms with Crippen molar-refractivity contribution in [3.05, 3.63) is 24.0 Å². The van der Waals surface area contributed by atoms with E-state index >= 15 is 0 Å². The highest BCUT2D eigenvalue weighted by atomic mass is 32.2. The van der Waals surface area contributed by atoms with E-state index in [1.165, 1.54) is 18.9 Å². The van der Waals surface area contributed by atoms with Crippen LogP contribution in [0.2, 0.25) is 0 Å². The minimum Gasteiger partial charge on any atom is -0.399 e. The standard InChI is InChI=1S/C11H15FN2O2S/c12-9-5-10(13)7-11(6-9)17(15,16)14-4-3-8-1-2-8/h5-8,14H,1-4,13H2. The Balaban J connectivity index is 2.06. The molecule has 0 bridgehead atoms. The van der Waals surface area contributed by atoms with E-state index in [0.29, 0.717) is 12.5 Å². The number of nitrogens with two attached hydrogens (primary N) is 1. The third kappa shape index (κ3) is 3.41. The number of hydrogen-bond donors (Lipinski definition) is 2. The van der Waals surface area contributed by atoms with Gasteiger partial charge in [0.15, 0.2) is 0 Å². The second-order valence-electron chi connectivity index (χ2n) is 4.35. The summed E-state index contributed by atoms with van der Waals surface area (Å²) in [4.78, 5) is -0.120. The Morgan fingerprint density at radius 1 is 1.35 bits per heavy atom. The average molecular weight is 258 g/mol. The van der Waals surface area contributed by atoms with Gasteiger partial charge >= 0.3 is 0 Å². The van der Waals surface area contributed by atoms with Gasteiger partial charge in [-0.3, -0.25) is 0 Å². The van der Waals surface area contributed by atoms with Crippen LogP contribution in [-0.2, 0) is 10.0 Å². The van der Waals surface area contributed by atoms with Crippen LogP contribution in [0.3, 0.4) is 0 Å². The molecule has 0 unspecified atom stereocenters. The van der Waals surface area contributed by atoms with Gasteiger partial charge < -0.3 is 5.73 Å². The Morgan fingerprint density at radius 2 is 2.06 bits per heavy atom. The number of nitrogens with one attached hydrogen (secondary N) is 1. The van der Waals surface area contributed by atoms with Gasteiger partial charge in [0, 0.05) is 12.2 Å². The Morgan fingerprint density at radius 3 is 2.65 bits per heavy atom. The predicted octanol–water partition coefficient (Wildman–Crippen LogP) is 1.49. The molecule has 6 heteroatoms. The molecule has 1 aromatic carbocycles. The first-order chi connectivity index (χ1) is 7.97. The molecule has 0 atom stereocenters. The smallest absolute Gasteiger partial charge is 0.240 e. The summed E-state index contributed by atoms with van der Waals surface area (Å²) in [5.74, 6) is 0.00264. The summed E-state index contributed by atoms with van der Waals surface area (Å²) in [6.07, 6.45) is 3.19. The van der Waals surface area contributed by atoms with Gasteiger partial charge in [0.05, 0.1) is 4.90 Å². The zero-order chi connectivity index (χ0) is 12.5. The Kier molecular flexibility index (Phi) is 3.35. The highest BCUT2D eigenvalue weighted by Gasteiger charge is 2.22. The molecule has 0 saturated heterocycles. The number of anilines is 1. The minimum atomic E-state index is -3.64. The summed E-state index contributed by atoms with van der Waals surface area (Å²) >= 11 is 0. The maximum atomic E-state index is 13.0. The number of hydrogen-bond acceptors (Lipinski definition) is 3. The highest BCUT2D eigenvalue weighted by Crippen LogP contribution is 2.31. The lowest BCUT2D eigenvalue weighted by molar-refractivity contribution is 0.572. The van der Waals surface area contributed by atoms with Crippen LogP contribution in [0.25, 0.3) is 0 Å². The van der Waals surface area contributed by atoms with Gasteiger partial charge in [-0.25, -0.2) is 17.5 Å². The van der Waals surface area contributed by atoms with Crippen LogP contribution in [0.15, 0.2) is 23.1 Å². The molecular weight excluding hydrogens is 243 g/mol. The Hall–Kier alpha value is -1.14. The second-order valence-corrected chi connectivity index (χ2v) is 6.12. The van der Waals surface area contributed by atoms with Gasteiger partial charge in [-0.2, -0.15) is 0 Å². The van der Waals surface area contributed by atoms with Gasteiger partial charge in [0.2, 0.25) is 10.0 Å². The SMILES string of the molecule is Nc1cc(F)cc(S(=O)(=O)NCCC2CC2)c1. The van der Waals surface area contributed by atoms with Crippen LogP contribution in [0.1, 0.15) is 19.3 Å². The van der Waals surface area contributed by atoms with Crippen molar-refractivity contribution in [2.75, 3.05) is 12.3 Å². The van der Waals surface area contributed by atoms with E-state index in [4.69, 9.17) is 5.73 Å². The molecule has 0 radical (unpaired) electrons. The van der Waals surface area contributed by atoms with Crippen molar-refractivity contribution in [2.45, 2.75) is 24.2 Å². The van der Waals surface area contributed by atoms with Crippen LogP contribution in [0.4, 0.5) is 10.1 Å². The van der Waals surface area contributed by atoms with Crippen LogP contribution in [0.5, 0.6) is 0 Å². The molecule has 0 aromatic heterocycles. The van der Waals surface area contributed by atoms with Crippen molar-refractivity contribution < 1.29 is 12.8 Å². The molecule has 4 nitrogen and oxygen atoms in total. The number of rotatable bonds is 5. The lowest BCUT2D eigenvalue weighted by Gasteiger charge is -2.07. The van der Waals surface area contributed by atoms with Gasteiger partial charge in [-0.05, 0) is 30.5 Å². The molecule has 0 heterocycles. The predicted molar refractivity (Wildman–Crippen MR) is 63.3 cm³/mol. The summed E-state index contributed by atoms with van der Waals surface area (Å²) in [6.45, 7) is 0.392. The Labute approximate surface area is 100 Å². The summed E-state index contributed by atoms with van der Waals surface area (Å²) in [5, 5.41) is 0. The summed E-state index contributed by atoms with van der Waals surface area (Å²) in [7, 11) is -3.64. The van der Waals surface area contributed by atoms with E-state index in [0.717, 1.165) is 18.6 Å². The molecular formula is C11H15FN2O2S. The fourth-order valence-electron chi connectivity index (χ4n) is 1.63. The second kappa shape index (κ2) is 4.62. The van der Waals surface area contributed by atoms with Crippen molar-refractivity contribution in [1.29, 1.82) is 0 Å². The van der Waals surface area contributed by atoms with Gasteiger partial charge in [0.25, 0.3) is 0 Å². The van der Waals surface area contributed by atoms with Gasteiger partial charge in [0.1, 0.15) is 5.82 Å². The van der Waals surface area contributed by atoms with Crippen molar-refractivity contribution >= 4 is 15.7 Å². The summed E-state index contributed by atoms with van der Waals surface area (Å²) < 4.78 is 39.1. The molecule has 1 aromatic rings. The van der Waals surface area contributed by atoms with Crippen LogP contribution in [-0.4, -0.2) is 15.0 Å². The van der Waals surface area contributed by atoms with Crippen LogP contribution >= 0.6 is 0 Å². The molecule has 0 aliphatic heterocycles. The minimum absolute atomic E-state index is 0.104. The lowest BCUT2D eigenvalue weighted by Crippen LogP contribution is -2.25. The van der Waals surface area contributed by atoms with E-state index in [2.05, 4.69) is 4.72 Å². The van der Waals surface area contributed by atoms with Crippen LogP contribution in [0, 0.1) is 11.7 Å². The lowest BCUT2D eigenvalue weighted by atomic mass is 10.3. The van der Waals surface area contributed by atoms with Crippen molar-refractivity contribution in [3.8, 4) is 0 Å². The topological polar surface area (TPSA) is 72.2 Å². The van der Waals surface area contributed by atoms with Crippen molar-refractivity contribution in [2.24, 2.45) is 5.92 Å². The molecule has 1 saturated carbocycles. The fraction of sp³-hybridized carbons (Fsp3) is 0.455. The molecule has 1 aliphatic carbocycles. The molecule has 0 spiro atoms. The maximum Gasteiger partial charge on any atom is 0.240 e. The van der Waals surface area contributed by atoms with Crippen molar-refractivity contribution in [1.82, 2.24) is 4.72 Å². The summed E-state index contributed by atoms with van der Waals surface area (Å²) in [5.41, 5.74) is 5.52. The zero-order valence-corrected chi connectivity index (χ0v) is 10.1. The van der Waals surface area contributed by atoms with E-state index < -0.39 is 15.8 Å². The maximum absolute atomic E-state index is 13.0. The first-order valence-electron chi connectivity index (χ1n) is 5.53. The largest absolute Gasteiger partial charge is 0.399 e. The average Bonchev–Trinajstić information content (AvgIpc) is 3.00. The molecule has 17 heavy (non-hydrogen) atoms. The van der Waals surface area contributed by atoms with E-state index in [1.807, 2.05) is 0 Å². The third-order valence-electron chi connectivity index (χ3n) is 2.75. The molecule has 1 fully saturated rings. The first kappa shape index (κ1) is 12.3. The molecule has 1 aliphatic rings. The zero-order valence-electron chi connectivity index (χ0n) is 9.32. The normalized spacial score (nSPS) is 16.1. The van der Waals surface area contributed by atoms with E-state index in [-0.39, 0.29) is 10.6 Å². The molecule has 2 rings (SSSR count). The third-order valence-corrected chi connectivity index (χ3v) is 4.19. The van der Waals surface area contributed by atoms with Crippen LogP contribution < -0.4 is 10.5 Å². The monoisotopic (exact) mass is 258 g/mol. The number of benzene rings is 1. The molecule has 94 valence electrons. The van der Waals surface area contributed by atoms with E-state index in [9.17, 15) is 12.8 Å². The van der Waals surface area contributed by atoms with Gasteiger partial charge in [-0.15, -0.1) is 0 Å². The number of halogens is 1. The highest BCUT2D eigenvalue weighted by molar-refractivity contribution is 7.89. The molecule has 0 amide bonds. The van der Waals surface area contributed by atoms with Gasteiger partial charge in [-0.1, -0.05) is 12.8 Å². The summed E-state index contributed by atoms with van der Waals surface area (Å²) in [6, 6.07) is 3.31. The molecule has 3 N–H and O–H groups in total. The quantitative estimate of drug-likeness (QED) is 0.786. The fourth-order valence-corrected chi connectivity index (χ4v) is 2.74.